The zero-order valence-electron chi connectivity index (χ0n) is 7.61. The van der Waals surface area contributed by atoms with Gasteiger partial charge in [-0.15, -0.1) is 0 Å². The van der Waals surface area contributed by atoms with Gasteiger partial charge in [0.2, 0.25) is 0 Å². The monoisotopic (exact) mass is 170 g/mol. The van der Waals surface area contributed by atoms with Crippen LogP contribution in [0.5, 0.6) is 0 Å². The van der Waals surface area contributed by atoms with Crippen molar-refractivity contribution in [2.45, 2.75) is 38.7 Å². The van der Waals surface area contributed by atoms with Crippen molar-refractivity contribution in [2.75, 3.05) is 0 Å². The lowest BCUT2D eigenvalue weighted by molar-refractivity contribution is 0.158. The van der Waals surface area contributed by atoms with E-state index in [0.717, 1.165) is 31.9 Å². The third-order valence-electron chi connectivity index (χ3n) is 1.71. The average Bonchev–Trinajstić information content (AvgIpc) is 2.10. The summed E-state index contributed by atoms with van der Waals surface area (Å²) < 4.78 is 0. The van der Waals surface area contributed by atoms with E-state index in [1.165, 1.54) is 0 Å². The van der Waals surface area contributed by atoms with E-state index in [9.17, 15) is 5.11 Å². The second-order valence-corrected chi connectivity index (χ2v) is 2.76. The summed E-state index contributed by atoms with van der Waals surface area (Å²) in [5.41, 5.74) is 0. The molecule has 0 radical (unpaired) electrons. The molecule has 0 aromatic carbocycles. The Bertz CT molecular complexity index is 139. The first kappa shape index (κ1) is 11.2. The van der Waals surface area contributed by atoms with Gasteiger partial charge >= 0.3 is 0 Å². The lowest BCUT2D eigenvalue weighted by atomic mass is 10.1. The largest absolute Gasteiger partial charge is 0.516 e. The molecule has 0 aromatic rings. The standard InChI is InChI=1S/C10H18O2/c1-2-10(12)8-6-4-3-5-7-9-11/h3,5,7,9-12H,2,4,6,8H2,1H3. The summed E-state index contributed by atoms with van der Waals surface area (Å²) in [7, 11) is 0. The summed E-state index contributed by atoms with van der Waals surface area (Å²) >= 11 is 0. The molecule has 0 rings (SSSR count). The van der Waals surface area contributed by atoms with Crippen LogP contribution in [-0.4, -0.2) is 16.3 Å². The molecule has 0 bridgehead atoms. The Balaban J connectivity index is 3.20. The van der Waals surface area contributed by atoms with Crippen LogP contribution in [0.15, 0.2) is 24.5 Å². The first-order valence-electron chi connectivity index (χ1n) is 4.45. The Morgan fingerprint density at radius 2 is 2.08 bits per heavy atom. The maximum absolute atomic E-state index is 9.18. The molecular formula is C10H18O2. The lowest BCUT2D eigenvalue weighted by Gasteiger charge is -2.04. The Labute approximate surface area is 74.2 Å². The van der Waals surface area contributed by atoms with Crippen molar-refractivity contribution in [2.24, 2.45) is 0 Å². The van der Waals surface area contributed by atoms with Crippen LogP contribution >= 0.6 is 0 Å². The molecule has 0 aliphatic heterocycles. The minimum atomic E-state index is -0.146. The van der Waals surface area contributed by atoms with Crippen molar-refractivity contribution < 1.29 is 10.2 Å². The van der Waals surface area contributed by atoms with Crippen LogP contribution in [0.2, 0.25) is 0 Å². The SMILES string of the molecule is CCC(O)CCCC=CC=CO. The predicted molar refractivity (Wildman–Crippen MR) is 51.1 cm³/mol. The van der Waals surface area contributed by atoms with Crippen molar-refractivity contribution in [3.05, 3.63) is 24.5 Å². The van der Waals surface area contributed by atoms with E-state index in [-0.39, 0.29) is 6.10 Å². The number of unbranched alkanes of at least 4 members (excludes halogenated alkanes) is 1. The smallest absolute Gasteiger partial charge is 0.0791 e. The molecule has 0 spiro atoms. The van der Waals surface area contributed by atoms with E-state index < -0.39 is 0 Å². The average molecular weight is 170 g/mol. The van der Waals surface area contributed by atoms with Crippen molar-refractivity contribution in [1.82, 2.24) is 0 Å². The fourth-order valence-corrected chi connectivity index (χ4v) is 0.900. The first-order chi connectivity index (χ1) is 5.81. The molecule has 1 atom stereocenters. The minimum absolute atomic E-state index is 0.146. The number of aliphatic hydroxyl groups is 2. The van der Waals surface area contributed by atoms with Crippen LogP contribution in [0.1, 0.15) is 32.6 Å². The molecule has 2 heteroatoms. The lowest BCUT2D eigenvalue weighted by Crippen LogP contribution is -2.02. The number of hydrogen-bond acceptors (Lipinski definition) is 2. The molecule has 70 valence electrons. The number of rotatable bonds is 6. The summed E-state index contributed by atoms with van der Waals surface area (Å²) in [6.07, 6.45) is 9.89. The van der Waals surface area contributed by atoms with Gasteiger partial charge in [-0.25, -0.2) is 0 Å². The van der Waals surface area contributed by atoms with E-state index in [2.05, 4.69) is 0 Å². The summed E-state index contributed by atoms with van der Waals surface area (Å²) in [6.45, 7) is 1.98. The van der Waals surface area contributed by atoms with Crippen molar-refractivity contribution in [3.63, 3.8) is 0 Å². The van der Waals surface area contributed by atoms with E-state index in [1.54, 1.807) is 12.2 Å². The fraction of sp³-hybridized carbons (Fsp3) is 0.600. The third-order valence-corrected chi connectivity index (χ3v) is 1.71. The number of hydrogen-bond donors (Lipinski definition) is 2. The fourth-order valence-electron chi connectivity index (χ4n) is 0.900. The van der Waals surface area contributed by atoms with Gasteiger partial charge in [0.25, 0.3) is 0 Å². The topological polar surface area (TPSA) is 40.5 Å². The Morgan fingerprint density at radius 3 is 2.67 bits per heavy atom. The van der Waals surface area contributed by atoms with Gasteiger partial charge in [-0.05, 0) is 31.8 Å². The highest BCUT2D eigenvalue weighted by Gasteiger charge is 1.97. The highest BCUT2D eigenvalue weighted by atomic mass is 16.3. The Hall–Kier alpha value is -0.760. The zero-order valence-corrected chi connectivity index (χ0v) is 7.61. The minimum Gasteiger partial charge on any atom is -0.516 e. The van der Waals surface area contributed by atoms with E-state index in [4.69, 9.17) is 5.11 Å². The summed E-state index contributed by atoms with van der Waals surface area (Å²) in [4.78, 5) is 0. The first-order valence-corrected chi connectivity index (χ1v) is 4.45. The van der Waals surface area contributed by atoms with Crippen LogP contribution in [0, 0.1) is 0 Å². The summed E-state index contributed by atoms with van der Waals surface area (Å²) in [5, 5.41) is 17.5. The van der Waals surface area contributed by atoms with Gasteiger partial charge < -0.3 is 10.2 Å². The summed E-state index contributed by atoms with van der Waals surface area (Å²) in [6, 6.07) is 0. The van der Waals surface area contributed by atoms with Gasteiger partial charge in [0.1, 0.15) is 0 Å². The molecule has 0 heterocycles. The highest BCUT2D eigenvalue weighted by molar-refractivity contribution is 4.98. The normalized spacial score (nSPS) is 14.5. The molecule has 0 saturated heterocycles. The van der Waals surface area contributed by atoms with E-state index in [0.29, 0.717) is 0 Å². The molecule has 0 aliphatic rings. The Kier molecular flexibility index (Phi) is 7.81. The molecule has 0 amide bonds. The van der Waals surface area contributed by atoms with E-state index in [1.807, 2.05) is 13.0 Å². The predicted octanol–water partition coefficient (Wildman–Crippen LogP) is 2.56. The highest BCUT2D eigenvalue weighted by Crippen LogP contribution is 2.04. The zero-order chi connectivity index (χ0) is 9.23. The van der Waals surface area contributed by atoms with Gasteiger partial charge in [-0.1, -0.05) is 19.1 Å². The van der Waals surface area contributed by atoms with Gasteiger partial charge in [-0.3, -0.25) is 0 Å². The van der Waals surface area contributed by atoms with Crippen molar-refractivity contribution in [3.8, 4) is 0 Å². The van der Waals surface area contributed by atoms with Gasteiger partial charge in [0.15, 0.2) is 0 Å². The second-order valence-electron chi connectivity index (χ2n) is 2.76. The van der Waals surface area contributed by atoms with Crippen LogP contribution in [0.4, 0.5) is 0 Å². The van der Waals surface area contributed by atoms with Crippen LogP contribution in [0.3, 0.4) is 0 Å². The number of aliphatic hydroxyl groups excluding tert-OH is 2. The number of allylic oxidation sites excluding steroid dienone is 3. The maximum Gasteiger partial charge on any atom is 0.0791 e. The molecule has 2 nitrogen and oxygen atoms in total. The van der Waals surface area contributed by atoms with Crippen molar-refractivity contribution >= 4 is 0 Å². The molecule has 0 aromatic heterocycles. The molecule has 0 fully saturated rings. The Morgan fingerprint density at radius 1 is 1.33 bits per heavy atom. The van der Waals surface area contributed by atoms with Crippen LogP contribution in [0.25, 0.3) is 0 Å². The van der Waals surface area contributed by atoms with Gasteiger partial charge in [0.05, 0.1) is 12.4 Å². The van der Waals surface area contributed by atoms with Gasteiger partial charge in [-0.2, -0.15) is 0 Å². The molecule has 0 saturated carbocycles. The molecule has 0 aliphatic carbocycles. The van der Waals surface area contributed by atoms with Crippen molar-refractivity contribution in [1.29, 1.82) is 0 Å². The quantitative estimate of drug-likeness (QED) is 0.365. The summed E-state index contributed by atoms with van der Waals surface area (Å²) in [5.74, 6) is 0. The third kappa shape index (κ3) is 7.35. The molecular weight excluding hydrogens is 152 g/mol. The molecule has 1 unspecified atom stereocenters. The maximum atomic E-state index is 9.18. The van der Waals surface area contributed by atoms with Crippen LogP contribution < -0.4 is 0 Å². The van der Waals surface area contributed by atoms with Crippen LogP contribution in [-0.2, 0) is 0 Å². The molecule has 12 heavy (non-hydrogen) atoms. The second kappa shape index (κ2) is 8.34. The molecule has 2 N–H and O–H groups in total. The van der Waals surface area contributed by atoms with E-state index >= 15 is 0 Å². The van der Waals surface area contributed by atoms with Gasteiger partial charge in [0, 0.05) is 0 Å².